The molecule has 0 fully saturated rings. The number of benzene rings is 1. The Hall–Kier alpha value is -2.10. The molecule has 1 aromatic heterocycles. The Morgan fingerprint density at radius 2 is 2.06 bits per heavy atom. The molecule has 0 spiro atoms. The van der Waals surface area contributed by atoms with Crippen LogP contribution in [0.5, 0.6) is 5.75 Å². The van der Waals surface area contributed by atoms with Crippen LogP contribution in [0.25, 0.3) is 11.3 Å². The molecular formula is C12H11N3O. The number of nitrogens with two attached hydrogens (primary N) is 1. The molecule has 4 nitrogen and oxygen atoms in total. The first-order chi connectivity index (χ1) is 7.86. The first-order valence-corrected chi connectivity index (χ1v) is 5.18. The van der Waals surface area contributed by atoms with Gasteiger partial charge in [-0.05, 0) is 12.1 Å². The summed E-state index contributed by atoms with van der Waals surface area (Å²) in [5, 5.41) is 0. The van der Waals surface area contributed by atoms with Gasteiger partial charge < -0.3 is 10.5 Å². The van der Waals surface area contributed by atoms with Crippen LogP contribution in [0.1, 0.15) is 5.56 Å². The van der Waals surface area contributed by atoms with Gasteiger partial charge in [0.2, 0.25) is 0 Å². The van der Waals surface area contributed by atoms with Gasteiger partial charge in [-0.1, -0.05) is 12.1 Å². The van der Waals surface area contributed by atoms with E-state index in [4.69, 9.17) is 10.5 Å². The molecule has 80 valence electrons. The number of para-hydroxylation sites is 1. The third-order valence-corrected chi connectivity index (χ3v) is 2.73. The molecule has 1 aliphatic rings. The van der Waals surface area contributed by atoms with Crippen LogP contribution in [0.3, 0.4) is 0 Å². The number of fused-ring (bicyclic) bond motifs is 3. The molecule has 2 aromatic rings. The monoisotopic (exact) mass is 213 g/mol. The van der Waals surface area contributed by atoms with Crippen molar-refractivity contribution in [2.24, 2.45) is 0 Å². The Kier molecular flexibility index (Phi) is 1.99. The second-order valence-electron chi connectivity index (χ2n) is 3.68. The van der Waals surface area contributed by atoms with Crippen LogP contribution in [0.4, 0.5) is 5.82 Å². The number of aromatic nitrogens is 2. The highest BCUT2D eigenvalue weighted by atomic mass is 16.5. The summed E-state index contributed by atoms with van der Waals surface area (Å²) in [5.41, 5.74) is 8.72. The topological polar surface area (TPSA) is 61.0 Å². The van der Waals surface area contributed by atoms with Gasteiger partial charge in [-0.15, -0.1) is 0 Å². The second-order valence-corrected chi connectivity index (χ2v) is 3.68. The Morgan fingerprint density at radius 3 is 3.00 bits per heavy atom. The molecule has 2 N–H and O–H groups in total. The van der Waals surface area contributed by atoms with Crippen molar-refractivity contribution < 1.29 is 4.74 Å². The van der Waals surface area contributed by atoms with E-state index in [1.165, 1.54) is 6.33 Å². The highest BCUT2D eigenvalue weighted by molar-refractivity contribution is 5.73. The first-order valence-electron chi connectivity index (χ1n) is 5.18. The highest BCUT2D eigenvalue weighted by Gasteiger charge is 2.18. The molecule has 0 saturated carbocycles. The van der Waals surface area contributed by atoms with E-state index in [0.29, 0.717) is 12.4 Å². The summed E-state index contributed by atoms with van der Waals surface area (Å²) in [7, 11) is 0. The van der Waals surface area contributed by atoms with Gasteiger partial charge >= 0.3 is 0 Å². The van der Waals surface area contributed by atoms with Crippen LogP contribution in [-0.4, -0.2) is 16.6 Å². The van der Waals surface area contributed by atoms with Crippen molar-refractivity contribution in [2.45, 2.75) is 6.42 Å². The molecule has 0 unspecified atom stereocenters. The van der Waals surface area contributed by atoms with Crippen molar-refractivity contribution in [2.75, 3.05) is 12.3 Å². The van der Waals surface area contributed by atoms with Crippen molar-refractivity contribution >= 4 is 5.82 Å². The molecule has 16 heavy (non-hydrogen) atoms. The minimum absolute atomic E-state index is 0.547. The molecule has 0 bridgehead atoms. The summed E-state index contributed by atoms with van der Waals surface area (Å²) in [5.74, 6) is 1.41. The Balaban J connectivity index is 2.30. The zero-order chi connectivity index (χ0) is 11.0. The lowest BCUT2D eigenvalue weighted by Gasteiger charge is -2.07. The molecule has 0 aliphatic carbocycles. The summed E-state index contributed by atoms with van der Waals surface area (Å²) in [4.78, 5) is 8.33. The molecule has 3 rings (SSSR count). The lowest BCUT2D eigenvalue weighted by Crippen LogP contribution is -2.04. The number of ether oxygens (including phenoxy) is 1. The lowest BCUT2D eigenvalue weighted by atomic mass is 10.0. The summed E-state index contributed by atoms with van der Waals surface area (Å²) in [6, 6.07) is 7.86. The molecule has 0 saturated heterocycles. The van der Waals surface area contributed by atoms with Crippen molar-refractivity contribution in [3.8, 4) is 17.0 Å². The molecule has 4 heteroatoms. The van der Waals surface area contributed by atoms with Gasteiger partial charge in [-0.3, -0.25) is 0 Å². The van der Waals surface area contributed by atoms with Crippen molar-refractivity contribution in [3.05, 3.63) is 36.2 Å². The Bertz CT molecular complexity index is 540. The number of hydrogen-bond acceptors (Lipinski definition) is 4. The zero-order valence-corrected chi connectivity index (χ0v) is 8.68. The van der Waals surface area contributed by atoms with Gasteiger partial charge in [-0.2, -0.15) is 0 Å². The van der Waals surface area contributed by atoms with E-state index >= 15 is 0 Å². The number of anilines is 1. The third-order valence-electron chi connectivity index (χ3n) is 2.73. The van der Waals surface area contributed by atoms with E-state index < -0.39 is 0 Å². The smallest absolute Gasteiger partial charge is 0.130 e. The van der Waals surface area contributed by atoms with Crippen LogP contribution >= 0.6 is 0 Å². The standard InChI is InChI=1S/C12H11N3O/c13-12-9-5-6-16-10-4-2-1-3-8(10)11(9)14-7-15-12/h1-4,7H,5-6H2,(H2,13,14,15). The first kappa shape index (κ1) is 9.15. The molecule has 1 aromatic carbocycles. The van der Waals surface area contributed by atoms with E-state index in [-0.39, 0.29) is 0 Å². The second kappa shape index (κ2) is 3.48. The van der Waals surface area contributed by atoms with Crippen LogP contribution in [-0.2, 0) is 6.42 Å². The minimum Gasteiger partial charge on any atom is -0.493 e. The quantitative estimate of drug-likeness (QED) is 0.723. The third kappa shape index (κ3) is 1.31. The van der Waals surface area contributed by atoms with Gasteiger partial charge in [0.15, 0.2) is 0 Å². The van der Waals surface area contributed by atoms with Crippen molar-refractivity contribution in [1.29, 1.82) is 0 Å². The van der Waals surface area contributed by atoms with E-state index in [9.17, 15) is 0 Å². The maximum absolute atomic E-state index is 5.86. The molecule has 0 atom stereocenters. The number of hydrogen-bond donors (Lipinski definition) is 1. The van der Waals surface area contributed by atoms with Gasteiger partial charge in [0, 0.05) is 17.5 Å². The Morgan fingerprint density at radius 1 is 1.19 bits per heavy atom. The maximum Gasteiger partial charge on any atom is 0.130 e. The molecule has 0 radical (unpaired) electrons. The predicted molar refractivity (Wildman–Crippen MR) is 61.1 cm³/mol. The zero-order valence-electron chi connectivity index (χ0n) is 8.68. The molecule has 2 heterocycles. The maximum atomic E-state index is 5.86. The minimum atomic E-state index is 0.547. The molecular weight excluding hydrogens is 202 g/mol. The van der Waals surface area contributed by atoms with Crippen LogP contribution < -0.4 is 10.5 Å². The fraction of sp³-hybridized carbons (Fsp3) is 0.167. The number of rotatable bonds is 0. The van der Waals surface area contributed by atoms with Crippen LogP contribution in [0, 0.1) is 0 Å². The normalized spacial score (nSPS) is 13.2. The van der Waals surface area contributed by atoms with Crippen LogP contribution in [0.2, 0.25) is 0 Å². The van der Waals surface area contributed by atoms with Gasteiger partial charge in [0.1, 0.15) is 17.9 Å². The lowest BCUT2D eigenvalue weighted by molar-refractivity contribution is 0.326. The summed E-state index contributed by atoms with van der Waals surface area (Å²) >= 11 is 0. The number of nitrogen functional groups attached to an aromatic ring is 1. The highest BCUT2D eigenvalue weighted by Crippen LogP contribution is 2.34. The fourth-order valence-electron chi connectivity index (χ4n) is 1.96. The number of nitrogens with zero attached hydrogens (tertiary/aromatic N) is 2. The Labute approximate surface area is 93.1 Å². The van der Waals surface area contributed by atoms with Crippen molar-refractivity contribution in [1.82, 2.24) is 9.97 Å². The van der Waals surface area contributed by atoms with E-state index in [0.717, 1.165) is 29.0 Å². The summed E-state index contributed by atoms with van der Waals surface area (Å²) in [6.45, 7) is 0.613. The van der Waals surface area contributed by atoms with Gasteiger partial charge in [0.05, 0.1) is 12.3 Å². The average Bonchev–Trinajstić information content (AvgIpc) is 2.50. The summed E-state index contributed by atoms with van der Waals surface area (Å²) < 4.78 is 5.66. The predicted octanol–water partition coefficient (Wildman–Crippen LogP) is 1.66. The van der Waals surface area contributed by atoms with E-state index in [2.05, 4.69) is 9.97 Å². The van der Waals surface area contributed by atoms with Gasteiger partial charge in [-0.25, -0.2) is 9.97 Å². The SMILES string of the molecule is Nc1ncnc2c1CCOc1ccccc1-2. The van der Waals surface area contributed by atoms with E-state index in [1.807, 2.05) is 24.3 Å². The summed E-state index contributed by atoms with van der Waals surface area (Å²) in [6.07, 6.45) is 2.24. The van der Waals surface area contributed by atoms with Crippen LogP contribution in [0.15, 0.2) is 30.6 Å². The average molecular weight is 213 g/mol. The van der Waals surface area contributed by atoms with Gasteiger partial charge in [0.25, 0.3) is 0 Å². The molecule has 0 amide bonds. The molecule has 1 aliphatic heterocycles. The fourth-order valence-corrected chi connectivity index (χ4v) is 1.96. The van der Waals surface area contributed by atoms with Crippen molar-refractivity contribution in [3.63, 3.8) is 0 Å². The largest absolute Gasteiger partial charge is 0.493 e. The van der Waals surface area contributed by atoms with E-state index in [1.54, 1.807) is 0 Å².